The van der Waals surface area contributed by atoms with E-state index in [2.05, 4.69) is 5.32 Å². The standard InChI is InChI=1S/C13H24NO2/c1-13(2,3)16-12(15)14-10-9-11-7-5-4-6-8-11/h10-11H,4-9H2,1-3H3,(H,14,15). The van der Waals surface area contributed by atoms with E-state index < -0.39 is 5.60 Å². The highest BCUT2D eigenvalue weighted by molar-refractivity contribution is 5.68. The lowest BCUT2D eigenvalue weighted by Gasteiger charge is -2.22. The number of amides is 1. The first-order valence-corrected chi connectivity index (χ1v) is 6.28. The molecule has 1 radical (unpaired) electrons. The summed E-state index contributed by atoms with van der Waals surface area (Å²) in [7, 11) is 0. The van der Waals surface area contributed by atoms with E-state index in [1.165, 1.54) is 32.1 Å². The summed E-state index contributed by atoms with van der Waals surface area (Å²) in [5.41, 5.74) is -0.414. The highest BCUT2D eigenvalue weighted by Gasteiger charge is 2.17. The molecule has 1 saturated carbocycles. The van der Waals surface area contributed by atoms with Crippen LogP contribution < -0.4 is 5.32 Å². The molecule has 3 nitrogen and oxygen atoms in total. The van der Waals surface area contributed by atoms with Crippen LogP contribution in [0.5, 0.6) is 0 Å². The molecular formula is C13H24NO2. The molecule has 1 rings (SSSR count). The second kappa shape index (κ2) is 6.12. The Balaban J connectivity index is 2.08. The molecule has 1 amide bonds. The van der Waals surface area contributed by atoms with E-state index in [0.717, 1.165) is 12.3 Å². The van der Waals surface area contributed by atoms with Gasteiger partial charge in [0.15, 0.2) is 0 Å². The lowest BCUT2D eigenvalue weighted by Crippen LogP contribution is -2.31. The Morgan fingerprint density at radius 2 is 1.94 bits per heavy atom. The minimum atomic E-state index is -0.414. The third kappa shape index (κ3) is 5.99. The number of carbonyl (C=O) groups is 1. The molecule has 3 heteroatoms. The molecule has 16 heavy (non-hydrogen) atoms. The number of hydrogen-bond acceptors (Lipinski definition) is 2. The first-order chi connectivity index (χ1) is 7.47. The summed E-state index contributed by atoms with van der Waals surface area (Å²) in [6, 6.07) is 0. The van der Waals surface area contributed by atoms with Gasteiger partial charge in [-0.2, -0.15) is 0 Å². The normalized spacial score (nSPS) is 18.2. The summed E-state index contributed by atoms with van der Waals surface area (Å²) in [6.45, 7) is 7.46. The fraction of sp³-hybridized carbons (Fsp3) is 0.846. The fourth-order valence-corrected chi connectivity index (χ4v) is 2.04. The molecule has 0 aromatic rings. The highest BCUT2D eigenvalue weighted by atomic mass is 16.6. The second-order valence-corrected chi connectivity index (χ2v) is 5.59. The topological polar surface area (TPSA) is 38.3 Å². The van der Waals surface area contributed by atoms with E-state index in [-0.39, 0.29) is 6.09 Å². The van der Waals surface area contributed by atoms with Crippen LogP contribution in [0.2, 0.25) is 0 Å². The first-order valence-electron chi connectivity index (χ1n) is 6.28. The zero-order valence-corrected chi connectivity index (χ0v) is 10.7. The van der Waals surface area contributed by atoms with Crippen LogP contribution in [0.25, 0.3) is 0 Å². The quantitative estimate of drug-likeness (QED) is 0.797. The lowest BCUT2D eigenvalue weighted by molar-refractivity contribution is 0.0539. The zero-order chi connectivity index (χ0) is 12.0. The Hall–Kier alpha value is -0.730. The predicted octanol–water partition coefficient (Wildman–Crippen LogP) is 3.64. The molecule has 0 aromatic carbocycles. The third-order valence-electron chi connectivity index (χ3n) is 2.79. The number of rotatable bonds is 3. The maximum absolute atomic E-state index is 11.3. The summed E-state index contributed by atoms with van der Waals surface area (Å²) in [5, 5.41) is 2.70. The molecule has 0 saturated heterocycles. The van der Waals surface area contributed by atoms with Crippen molar-refractivity contribution in [3.05, 3.63) is 6.54 Å². The van der Waals surface area contributed by atoms with Crippen LogP contribution in [-0.2, 0) is 4.74 Å². The van der Waals surface area contributed by atoms with Crippen molar-refractivity contribution in [3.8, 4) is 0 Å². The molecule has 0 unspecified atom stereocenters. The van der Waals surface area contributed by atoms with Crippen molar-refractivity contribution in [2.75, 3.05) is 0 Å². The van der Waals surface area contributed by atoms with Crippen LogP contribution in [-0.4, -0.2) is 11.7 Å². The summed E-state index contributed by atoms with van der Waals surface area (Å²) < 4.78 is 5.15. The van der Waals surface area contributed by atoms with E-state index >= 15 is 0 Å². The monoisotopic (exact) mass is 226 g/mol. The fourth-order valence-electron chi connectivity index (χ4n) is 2.04. The van der Waals surface area contributed by atoms with E-state index in [1.54, 1.807) is 0 Å². The molecule has 1 aliphatic rings. The van der Waals surface area contributed by atoms with Crippen LogP contribution in [0.3, 0.4) is 0 Å². The molecule has 0 aliphatic heterocycles. The molecule has 0 atom stereocenters. The molecule has 1 aliphatic carbocycles. The average molecular weight is 226 g/mol. The Morgan fingerprint density at radius 1 is 1.31 bits per heavy atom. The highest BCUT2D eigenvalue weighted by Crippen LogP contribution is 2.26. The Bertz CT molecular complexity index is 214. The van der Waals surface area contributed by atoms with Crippen LogP contribution in [0.1, 0.15) is 59.3 Å². The Kier molecular flexibility index (Phi) is 5.10. The molecular weight excluding hydrogens is 202 g/mol. The molecule has 93 valence electrons. The SMILES string of the molecule is CC(C)(C)OC(=O)N[CH]CC1CCCCC1. The maximum Gasteiger partial charge on any atom is 0.407 e. The molecule has 0 aromatic heterocycles. The van der Waals surface area contributed by atoms with Crippen LogP contribution in [0.4, 0.5) is 4.79 Å². The van der Waals surface area contributed by atoms with Crippen molar-refractivity contribution in [3.63, 3.8) is 0 Å². The van der Waals surface area contributed by atoms with Gasteiger partial charge in [-0.1, -0.05) is 32.1 Å². The predicted molar refractivity (Wildman–Crippen MR) is 64.9 cm³/mol. The van der Waals surface area contributed by atoms with Crippen LogP contribution >= 0.6 is 0 Å². The largest absolute Gasteiger partial charge is 0.444 e. The van der Waals surface area contributed by atoms with Gasteiger partial charge in [-0.3, -0.25) is 0 Å². The van der Waals surface area contributed by atoms with Gasteiger partial charge >= 0.3 is 6.09 Å². The molecule has 1 N–H and O–H groups in total. The maximum atomic E-state index is 11.3. The average Bonchev–Trinajstić information content (AvgIpc) is 2.16. The molecule has 0 spiro atoms. The summed E-state index contributed by atoms with van der Waals surface area (Å²) >= 11 is 0. The van der Waals surface area contributed by atoms with Crippen molar-refractivity contribution in [2.24, 2.45) is 5.92 Å². The van der Waals surface area contributed by atoms with E-state index in [4.69, 9.17) is 4.74 Å². The molecule has 1 fully saturated rings. The van der Waals surface area contributed by atoms with Crippen molar-refractivity contribution < 1.29 is 9.53 Å². The Morgan fingerprint density at radius 3 is 2.50 bits per heavy atom. The van der Waals surface area contributed by atoms with Gasteiger partial charge < -0.3 is 10.1 Å². The summed E-state index contributed by atoms with van der Waals surface area (Å²) in [5.74, 6) is 0.753. The minimum Gasteiger partial charge on any atom is -0.444 e. The van der Waals surface area contributed by atoms with Gasteiger partial charge in [0.2, 0.25) is 0 Å². The summed E-state index contributed by atoms with van der Waals surface area (Å²) in [4.78, 5) is 11.3. The van der Waals surface area contributed by atoms with Crippen LogP contribution in [0, 0.1) is 12.5 Å². The van der Waals surface area contributed by atoms with E-state index in [1.807, 2.05) is 27.3 Å². The smallest absolute Gasteiger partial charge is 0.407 e. The van der Waals surface area contributed by atoms with Crippen molar-refractivity contribution in [1.82, 2.24) is 5.32 Å². The summed E-state index contributed by atoms with van der Waals surface area (Å²) in [6.07, 6.45) is 7.27. The van der Waals surface area contributed by atoms with Gasteiger partial charge in [-0.15, -0.1) is 0 Å². The van der Waals surface area contributed by atoms with Gasteiger partial charge in [-0.25, -0.2) is 4.79 Å². The molecule has 0 bridgehead atoms. The van der Waals surface area contributed by atoms with Gasteiger partial charge in [-0.05, 0) is 33.1 Å². The van der Waals surface area contributed by atoms with Crippen molar-refractivity contribution in [1.29, 1.82) is 0 Å². The third-order valence-corrected chi connectivity index (χ3v) is 2.79. The van der Waals surface area contributed by atoms with E-state index in [0.29, 0.717) is 0 Å². The van der Waals surface area contributed by atoms with Gasteiger partial charge in [0.1, 0.15) is 5.60 Å². The van der Waals surface area contributed by atoms with E-state index in [9.17, 15) is 4.79 Å². The number of ether oxygens (including phenoxy) is 1. The van der Waals surface area contributed by atoms with Crippen molar-refractivity contribution in [2.45, 2.75) is 64.9 Å². The Labute approximate surface area is 98.9 Å². The number of alkyl carbamates (subject to hydrolysis) is 1. The number of carbonyl (C=O) groups excluding carboxylic acids is 1. The van der Waals surface area contributed by atoms with Gasteiger partial charge in [0.25, 0.3) is 0 Å². The first kappa shape index (κ1) is 13.3. The van der Waals surface area contributed by atoms with Crippen molar-refractivity contribution >= 4 is 6.09 Å². The zero-order valence-electron chi connectivity index (χ0n) is 10.7. The van der Waals surface area contributed by atoms with Gasteiger partial charge in [0, 0.05) is 0 Å². The lowest BCUT2D eigenvalue weighted by atomic mass is 9.87. The minimum absolute atomic E-state index is 0.344. The number of nitrogens with one attached hydrogen (secondary N) is 1. The molecule has 0 heterocycles. The van der Waals surface area contributed by atoms with Gasteiger partial charge in [0.05, 0.1) is 6.54 Å². The number of hydrogen-bond donors (Lipinski definition) is 1. The second-order valence-electron chi connectivity index (χ2n) is 5.59. The van der Waals surface area contributed by atoms with Crippen LogP contribution in [0.15, 0.2) is 0 Å².